The van der Waals surface area contributed by atoms with E-state index in [0.717, 1.165) is 19.8 Å². The summed E-state index contributed by atoms with van der Waals surface area (Å²) >= 11 is 0. The molecular weight excluding hydrogens is 152 g/mol. The Morgan fingerprint density at radius 3 is 2.58 bits per heavy atom. The van der Waals surface area contributed by atoms with E-state index < -0.39 is 0 Å². The van der Waals surface area contributed by atoms with Gasteiger partial charge >= 0.3 is 0 Å². The molecule has 2 aliphatic rings. The van der Waals surface area contributed by atoms with Crippen molar-refractivity contribution in [3.63, 3.8) is 0 Å². The van der Waals surface area contributed by atoms with Gasteiger partial charge in [-0.3, -0.25) is 4.90 Å². The van der Waals surface area contributed by atoms with Gasteiger partial charge in [-0.2, -0.15) is 0 Å². The molecule has 0 aromatic carbocycles. The van der Waals surface area contributed by atoms with E-state index in [4.69, 9.17) is 10.5 Å². The third-order valence-corrected chi connectivity index (χ3v) is 3.13. The summed E-state index contributed by atoms with van der Waals surface area (Å²) in [6.45, 7) is 5.02. The Morgan fingerprint density at radius 1 is 1.42 bits per heavy atom. The molecule has 0 aromatic heterocycles. The van der Waals surface area contributed by atoms with Crippen LogP contribution in [0.5, 0.6) is 0 Å². The monoisotopic (exact) mass is 170 g/mol. The van der Waals surface area contributed by atoms with Crippen molar-refractivity contribution >= 4 is 0 Å². The zero-order chi connectivity index (χ0) is 8.60. The second-order valence-electron chi connectivity index (χ2n) is 4.11. The van der Waals surface area contributed by atoms with Crippen LogP contribution in [0.2, 0.25) is 0 Å². The molecule has 0 amide bonds. The summed E-state index contributed by atoms with van der Waals surface area (Å²) < 4.78 is 5.30. The predicted octanol–water partition coefficient (Wildman–Crippen LogP) is 0.546. The molecule has 0 aromatic rings. The number of hydrogen-bond donors (Lipinski definition) is 1. The molecule has 2 saturated heterocycles. The van der Waals surface area contributed by atoms with Crippen LogP contribution in [-0.2, 0) is 4.74 Å². The number of ether oxygens (including phenoxy) is 1. The molecule has 0 aliphatic carbocycles. The maximum Gasteiger partial charge on any atom is 0.0690 e. The molecule has 0 radical (unpaired) electrons. The Labute approximate surface area is 73.9 Å². The predicted molar refractivity (Wildman–Crippen MR) is 47.8 cm³/mol. The Morgan fingerprint density at radius 2 is 2.17 bits per heavy atom. The summed E-state index contributed by atoms with van der Waals surface area (Å²) in [5.41, 5.74) is 6.25. The lowest BCUT2D eigenvalue weighted by atomic mass is 9.84. The number of nitrogens with two attached hydrogens (primary N) is 1. The molecule has 3 nitrogen and oxygen atoms in total. The second kappa shape index (κ2) is 2.98. The summed E-state index contributed by atoms with van der Waals surface area (Å²) in [5.74, 6) is 0. The van der Waals surface area contributed by atoms with Crippen molar-refractivity contribution < 1.29 is 4.74 Å². The van der Waals surface area contributed by atoms with Gasteiger partial charge in [0.2, 0.25) is 0 Å². The molecule has 0 saturated carbocycles. The number of likely N-dealkylation sites (tertiary alicyclic amines) is 1. The van der Waals surface area contributed by atoms with Crippen molar-refractivity contribution in [2.45, 2.75) is 37.9 Å². The zero-order valence-corrected chi connectivity index (χ0v) is 7.75. The maximum absolute atomic E-state index is 5.92. The first-order chi connectivity index (χ1) is 5.75. The molecule has 2 aliphatic heterocycles. The fourth-order valence-corrected chi connectivity index (χ4v) is 2.40. The van der Waals surface area contributed by atoms with Crippen molar-refractivity contribution in [3.05, 3.63) is 0 Å². The fourth-order valence-electron chi connectivity index (χ4n) is 2.40. The first kappa shape index (κ1) is 8.48. The quantitative estimate of drug-likeness (QED) is 0.624. The third kappa shape index (κ3) is 1.16. The highest BCUT2D eigenvalue weighted by Crippen LogP contribution is 2.35. The summed E-state index contributed by atoms with van der Waals surface area (Å²) in [5, 5.41) is 0. The van der Waals surface area contributed by atoms with E-state index in [1.165, 1.54) is 19.3 Å². The highest BCUT2D eigenvalue weighted by Gasteiger charge is 2.46. The van der Waals surface area contributed by atoms with Gasteiger partial charge in [0, 0.05) is 6.54 Å². The minimum Gasteiger partial charge on any atom is -0.377 e. The standard InChI is InChI=1S/C9H18N2O/c1-8(10)11-5-3-2-4-9(11)6-12-7-9/h8H,2-7,10H2,1H3. The number of piperidine rings is 1. The second-order valence-corrected chi connectivity index (χ2v) is 4.11. The van der Waals surface area contributed by atoms with E-state index >= 15 is 0 Å². The fraction of sp³-hybridized carbons (Fsp3) is 1.00. The van der Waals surface area contributed by atoms with Crippen LogP contribution in [0.1, 0.15) is 26.2 Å². The molecule has 2 fully saturated rings. The van der Waals surface area contributed by atoms with Gasteiger partial charge in [-0.25, -0.2) is 0 Å². The molecule has 3 heteroatoms. The van der Waals surface area contributed by atoms with E-state index in [1.54, 1.807) is 0 Å². The van der Waals surface area contributed by atoms with Gasteiger partial charge in [-0.15, -0.1) is 0 Å². The van der Waals surface area contributed by atoms with Crippen molar-refractivity contribution in [1.29, 1.82) is 0 Å². The molecule has 2 heterocycles. The molecule has 2 rings (SSSR count). The summed E-state index contributed by atoms with van der Waals surface area (Å²) in [6, 6.07) is 0. The van der Waals surface area contributed by atoms with Crippen LogP contribution in [0.25, 0.3) is 0 Å². The van der Waals surface area contributed by atoms with Crippen LogP contribution in [0.3, 0.4) is 0 Å². The first-order valence-electron chi connectivity index (χ1n) is 4.85. The lowest BCUT2D eigenvalue weighted by Gasteiger charge is -2.54. The van der Waals surface area contributed by atoms with E-state index in [0.29, 0.717) is 5.54 Å². The van der Waals surface area contributed by atoms with Crippen LogP contribution >= 0.6 is 0 Å². The minimum atomic E-state index is 0.189. The Bertz CT molecular complexity index is 166. The lowest BCUT2D eigenvalue weighted by Crippen LogP contribution is -2.67. The topological polar surface area (TPSA) is 38.5 Å². The van der Waals surface area contributed by atoms with E-state index in [-0.39, 0.29) is 6.17 Å². The molecule has 12 heavy (non-hydrogen) atoms. The van der Waals surface area contributed by atoms with Gasteiger partial charge in [0.1, 0.15) is 0 Å². The highest BCUT2D eigenvalue weighted by molar-refractivity contribution is 4.99. The van der Waals surface area contributed by atoms with Crippen molar-refractivity contribution in [2.24, 2.45) is 5.73 Å². The summed E-state index contributed by atoms with van der Waals surface area (Å²) in [6.07, 6.45) is 4.10. The molecule has 70 valence electrons. The average molecular weight is 170 g/mol. The smallest absolute Gasteiger partial charge is 0.0690 e. The Balaban J connectivity index is 2.06. The van der Waals surface area contributed by atoms with Crippen LogP contribution in [0, 0.1) is 0 Å². The summed E-state index contributed by atoms with van der Waals surface area (Å²) in [7, 11) is 0. The van der Waals surface area contributed by atoms with E-state index in [2.05, 4.69) is 11.8 Å². The summed E-state index contributed by atoms with van der Waals surface area (Å²) in [4.78, 5) is 2.42. The van der Waals surface area contributed by atoms with Crippen LogP contribution in [0.4, 0.5) is 0 Å². The van der Waals surface area contributed by atoms with Crippen LogP contribution in [-0.4, -0.2) is 36.4 Å². The van der Waals surface area contributed by atoms with Gasteiger partial charge in [0.15, 0.2) is 0 Å². The number of nitrogens with zero attached hydrogens (tertiary/aromatic N) is 1. The third-order valence-electron chi connectivity index (χ3n) is 3.13. The molecule has 1 unspecified atom stereocenters. The van der Waals surface area contributed by atoms with Gasteiger partial charge in [0.25, 0.3) is 0 Å². The van der Waals surface area contributed by atoms with Gasteiger partial charge < -0.3 is 10.5 Å². The Kier molecular flexibility index (Phi) is 2.10. The average Bonchev–Trinajstić information content (AvgIpc) is 2.01. The van der Waals surface area contributed by atoms with E-state index in [9.17, 15) is 0 Å². The lowest BCUT2D eigenvalue weighted by molar-refractivity contribution is -0.166. The zero-order valence-electron chi connectivity index (χ0n) is 7.75. The molecule has 1 spiro atoms. The first-order valence-corrected chi connectivity index (χ1v) is 4.85. The van der Waals surface area contributed by atoms with E-state index in [1.807, 2.05) is 0 Å². The van der Waals surface area contributed by atoms with Gasteiger partial charge in [-0.1, -0.05) is 6.42 Å². The molecular formula is C9H18N2O. The van der Waals surface area contributed by atoms with Gasteiger partial charge in [-0.05, 0) is 19.8 Å². The van der Waals surface area contributed by atoms with Crippen molar-refractivity contribution in [3.8, 4) is 0 Å². The molecule has 1 atom stereocenters. The normalized spacial score (nSPS) is 31.5. The number of rotatable bonds is 1. The van der Waals surface area contributed by atoms with Crippen LogP contribution < -0.4 is 5.73 Å². The largest absolute Gasteiger partial charge is 0.377 e. The molecule has 0 bridgehead atoms. The molecule has 2 N–H and O–H groups in total. The highest BCUT2D eigenvalue weighted by atomic mass is 16.5. The SMILES string of the molecule is CC(N)N1CCCCC12COC2. The minimum absolute atomic E-state index is 0.189. The van der Waals surface area contributed by atoms with Crippen LogP contribution in [0.15, 0.2) is 0 Å². The number of hydrogen-bond acceptors (Lipinski definition) is 3. The van der Waals surface area contributed by atoms with Crippen molar-refractivity contribution in [1.82, 2.24) is 4.90 Å². The van der Waals surface area contributed by atoms with Crippen molar-refractivity contribution in [2.75, 3.05) is 19.8 Å². The Hall–Kier alpha value is -0.120. The maximum atomic E-state index is 5.92. The van der Waals surface area contributed by atoms with Gasteiger partial charge in [0.05, 0.1) is 24.9 Å².